The summed E-state index contributed by atoms with van der Waals surface area (Å²) in [4.78, 5) is 16.6. The van der Waals surface area contributed by atoms with Crippen LogP contribution in [0.5, 0.6) is 0 Å². The van der Waals surface area contributed by atoms with Crippen molar-refractivity contribution in [2.75, 3.05) is 19.3 Å². The number of pyridine rings is 1. The number of aryl methyl sites for hydroxylation is 1. The summed E-state index contributed by atoms with van der Waals surface area (Å²) in [6.07, 6.45) is -1.14. The second-order valence-corrected chi connectivity index (χ2v) is 3.48. The lowest BCUT2D eigenvalue weighted by atomic mass is 10.1. The number of nitrogen functional groups attached to an aromatic ring is 1. The van der Waals surface area contributed by atoms with E-state index in [1.54, 1.807) is 6.92 Å². The first-order chi connectivity index (χ1) is 7.41. The van der Waals surface area contributed by atoms with Crippen LogP contribution in [-0.4, -0.2) is 35.8 Å². The summed E-state index contributed by atoms with van der Waals surface area (Å²) >= 11 is 0. The Bertz CT molecular complexity index is 396. The summed E-state index contributed by atoms with van der Waals surface area (Å²) in [5, 5.41) is 0. The van der Waals surface area contributed by atoms with Crippen LogP contribution in [0.3, 0.4) is 0 Å². The summed E-state index contributed by atoms with van der Waals surface area (Å²) in [5.41, 5.74) is 6.54. The average Bonchev–Trinajstić information content (AvgIpc) is 2.19. The number of carbonyl (C=O) groups excluding carboxylic acids is 1. The summed E-state index contributed by atoms with van der Waals surface area (Å²) < 4.78 is 24.2. The number of nitrogens with zero attached hydrogens (tertiary/aromatic N) is 2. The first kappa shape index (κ1) is 12.4. The molecule has 1 aromatic heterocycles. The molecule has 0 aliphatic carbocycles. The van der Waals surface area contributed by atoms with Crippen LogP contribution < -0.4 is 5.73 Å². The number of anilines is 1. The third kappa shape index (κ3) is 2.88. The molecule has 0 atom stereocenters. The van der Waals surface area contributed by atoms with Gasteiger partial charge in [0.25, 0.3) is 12.3 Å². The van der Waals surface area contributed by atoms with Crippen LogP contribution in [0.15, 0.2) is 12.3 Å². The van der Waals surface area contributed by atoms with Gasteiger partial charge in [-0.05, 0) is 13.0 Å². The SMILES string of the molecule is Cc1ncc(N)cc1C(=O)N(C)CC(F)F. The molecule has 6 heteroatoms. The topological polar surface area (TPSA) is 59.2 Å². The Morgan fingerprint density at radius 3 is 2.81 bits per heavy atom. The fraction of sp³-hybridized carbons (Fsp3) is 0.400. The number of rotatable bonds is 3. The van der Waals surface area contributed by atoms with Gasteiger partial charge in [-0.2, -0.15) is 0 Å². The molecule has 1 amide bonds. The first-order valence-corrected chi connectivity index (χ1v) is 4.67. The molecule has 2 N–H and O–H groups in total. The summed E-state index contributed by atoms with van der Waals surface area (Å²) in [6, 6.07) is 1.44. The maximum Gasteiger partial charge on any atom is 0.255 e. The second-order valence-electron chi connectivity index (χ2n) is 3.48. The monoisotopic (exact) mass is 229 g/mol. The molecule has 88 valence electrons. The highest BCUT2D eigenvalue weighted by Gasteiger charge is 2.18. The fourth-order valence-electron chi connectivity index (χ4n) is 1.26. The quantitative estimate of drug-likeness (QED) is 0.850. The minimum Gasteiger partial charge on any atom is -0.397 e. The van der Waals surface area contributed by atoms with E-state index in [1.165, 1.54) is 19.3 Å². The van der Waals surface area contributed by atoms with Crippen LogP contribution in [-0.2, 0) is 0 Å². The zero-order valence-corrected chi connectivity index (χ0v) is 9.08. The van der Waals surface area contributed by atoms with Crippen molar-refractivity contribution in [1.82, 2.24) is 9.88 Å². The molecule has 0 aliphatic heterocycles. The molecule has 1 aromatic rings. The molecular formula is C10H13F2N3O. The number of carbonyl (C=O) groups is 1. The van der Waals surface area contributed by atoms with Crippen molar-refractivity contribution in [3.63, 3.8) is 0 Å². The molecule has 0 aromatic carbocycles. The van der Waals surface area contributed by atoms with Crippen molar-refractivity contribution in [3.05, 3.63) is 23.5 Å². The van der Waals surface area contributed by atoms with Gasteiger partial charge in [0.15, 0.2) is 0 Å². The van der Waals surface area contributed by atoms with E-state index >= 15 is 0 Å². The van der Waals surface area contributed by atoms with Crippen molar-refractivity contribution in [2.24, 2.45) is 0 Å². The van der Waals surface area contributed by atoms with Gasteiger partial charge in [0.1, 0.15) is 0 Å². The molecule has 4 nitrogen and oxygen atoms in total. The van der Waals surface area contributed by atoms with E-state index in [4.69, 9.17) is 5.73 Å². The van der Waals surface area contributed by atoms with E-state index in [-0.39, 0.29) is 5.56 Å². The number of alkyl halides is 2. The Morgan fingerprint density at radius 1 is 1.62 bits per heavy atom. The zero-order chi connectivity index (χ0) is 12.3. The van der Waals surface area contributed by atoms with Crippen LogP contribution in [0.2, 0.25) is 0 Å². The summed E-state index contributed by atoms with van der Waals surface area (Å²) in [7, 11) is 1.32. The van der Waals surface area contributed by atoms with E-state index in [2.05, 4.69) is 4.98 Å². The normalized spacial score (nSPS) is 10.6. The van der Waals surface area contributed by atoms with Crippen molar-refractivity contribution < 1.29 is 13.6 Å². The molecular weight excluding hydrogens is 216 g/mol. The van der Waals surface area contributed by atoms with E-state index in [0.29, 0.717) is 11.4 Å². The van der Waals surface area contributed by atoms with Crippen LogP contribution in [0, 0.1) is 6.92 Å². The van der Waals surface area contributed by atoms with Gasteiger partial charge in [-0.15, -0.1) is 0 Å². The molecule has 0 saturated carbocycles. The van der Waals surface area contributed by atoms with E-state index in [1.807, 2.05) is 0 Å². The third-order valence-corrected chi connectivity index (χ3v) is 2.10. The lowest BCUT2D eigenvalue weighted by Gasteiger charge is -2.17. The van der Waals surface area contributed by atoms with Crippen molar-refractivity contribution in [1.29, 1.82) is 0 Å². The minimum atomic E-state index is -2.55. The van der Waals surface area contributed by atoms with Crippen LogP contribution in [0.4, 0.5) is 14.5 Å². The molecule has 0 spiro atoms. The fourth-order valence-corrected chi connectivity index (χ4v) is 1.26. The molecule has 0 bridgehead atoms. The Labute approximate surface area is 92.1 Å². The summed E-state index contributed by atoms with van der Waals surface area (Å²) in [6.45, 7) is 1.02. The first-order valence-electron chi connectivity index (χ1n) is 4.67. The Kier molecular flexibility index (Phi) is 3.76. The molecule has 0 radical (unpaired) electrons. The number of nitrogens with two attached hydrogens (primary N) is 1. The van der Waals surface area contributed by atoms with Gasteiger partial charge < -0.3 is 10.6 Å². The number of aromatic nitrogens is 1. The molecule has 16 heavy (non-hydrogen) atoms. The molecule has 0 saturated heterocycles. The minimum absolute atomic E-state index is 0.253. The van der Waals surface area contributed by atoms with Gasteiger partial charge in [0.05, 0.1) is 29.7 Å². The maximum absolute atomic E-state index is 12.1. The largest absolute Gasteiger partial charge is 0.397 e. The van der Waals surface area contributed by atoms with Gasteiger partial charge in [-0.3, -0.25) is 9.78 Å². The Balaban J connectivity index is 2.91. The number of hydrogen-bond acceptors (Lipinski definition) is 3. The smallest absolute Gasteiger partial charge is 0.255 e. The predicted octanol–water partition coefficient (Wildman–Crippen LogP) is 1.31. The van der Waals surface area contributed by atoms with E-state index in [9.17, 15) is 13.6 Å². The standard InChI is InChI=1S/C10H13F2N3O/c1-6-8(3-7(13)4-14-6)10(16)15(2)5-9(11)12/h3-4,9H,5,13H2,1-2H3. The molecule has 1 heterocycles. The second kappa shape index (κ2) is 4.87. The van der Waals surface area contributed by atoms with Gasteiger partial charge in [0.2, 0.25) is 0 Å². The van der Waals surface area contributed by atoms with Gasteiger partial charge in [-0.1, -0.05) is 0 Å². The summed E-state index contributed by atoms with van der Waals surface area (Å²) in [5.74, 6) is -0.502. The number of amides is 1. The van der Waals surface area contributed by atoms with Crippen molar-refractivity contribution in [3.8, 4) is 0 Å². The molecule has 1 rings (SSSR count). The maximum atomic E-state index is 12.1. The lowest BCUT2D eigenvalue weighted by molar-refractivity contribution is 0.0619. The molecule has 0 unspecified atom stereocenters. The van der Waals surface area contributed by atoms with Crippen molar-refractivity contribution in [2.45, 2.75) is 13.3 Å². The van der Waals surface area contributed by atoms with E-state index < -0.39 is 18.9 Å². The number of hydrogen-bond donors (Lipinski definition) is 1. The average molecular weight is 229 g/mol. The highest BCUT2D eigenvalue weighted by molar-refractivity contribution is 5.95. The van der Waals surface area contributed by atoms with Crippen LogP contribution >= 0.6 is 0 Å². The van der Waals surface area contributed by atoms with Crippen molar-refractivity contribution >= 4 is 11.6 Å². The zero-order valence-electron chi connectivity index (χ0n) is 9.08. The van der Waals surface area contributed by atoms with Gasteiger partial charge in [-0.25, -0.2) is 8.78 Å². The highest BCUT2D eigenvalue weighted by Crippen LogP contribution is 2.12. The predicted molar refractivity (Wildman–Crippen MR) is 56.4 cm³/mol. The van der Waals surface area contributed by atoms with E-state index in [0.717, 1.165) is 4.90 Å². The molecule has 0 aliphatic rings. The highest BCUT2D eigenvalue weighted by atomic mass is 19.3. The number of halogens is 2. The van der Waals surface area contributed by atoms with Gasteiger partial charge >= 0.3 is 0 Å². The lowest BCUT2D eigenvalue weighted by Crippen LogP contribution is -2.32. The molecule has 0 fully saturated rings. The van der Waals surface area contributed by atoms with Gasteiger partial charge in [0, 0.05) is 7.05 Å². The van der Waals surface area contributed by atoms with Crippen LogP contribution in [0.1, 0.15) is 16.1 Å². The third-order valence-electron chi connectivity index (χ3n) is 2.10. The Hall–Kier alpha value is -1.72. The van der Waals surface area contributed by atoms with Crippen LogP contribution in [0.25, 0.3) is 0 Å². The Morgan fingerprint density at radius 2 is 2.25 bits per heavy atom.